The molecule has 3 nitrogen and oxygen atoms in total. The van der Waals surface area contributed by atoms with Gasteiger partial charge in [-0.3, -0.25) is 4.79 Å². The van der Waals surface area contributed by atoms with Crippen LogP contribution in [0.1, 0.15) is 48.0 Å². The number of nitrogens with one attached hydrogen (secondary N) is 1. The fraction of sp³-hybridized carbons (Fsp3) is 0.333. The van der Waals surface area contributed by atoms with Gasteiger partial charge >= 0.3 is 0 Å². The molecule has 3 rings (SSSR count). The third-order valence-electron chi connectivity index (χ3n) is 4.64. The number of nitrogens with zero attached hydrogens (tertiary/aromatic N) is 1. The molecule has 0 aromatic heterocycles. The number of rotatable bonds is 5. The van der Waals surface area contributed by atoms with Crippen LogP contribution in [0.4, 0.5) is 0 Å². The molecule has 1 aliphatic rings. The van der Waals surface area contributed by atoms with Gasteiger partial charge in [0.1, 0.15) is 0 Å². The summed E-state index contributed by atoms with van der Waals surface area (Å²) in [6.07, 6.45) is 6.97. The number of carbonyl (C=O) groups is 1. The van der Waals surface area contributed by atoms with Gasteiger partial charge in [0.2, 0.25) is 0 Å². The maximum atomic E-state index is 12.3. The monoisotopic (exact) mass is 320 g/mol. The van der Waals surface area contributed by atoms with E-state index in [4.69, 9.17) is 0 Å². The molecule has 3 heteroatoms. The van der Waals surface area contributed by atoms with Crippen LogP contribution in [-0.2, 0) is 6.42 Å². The molecule has 0 radical (unpaired) electrons. The SMILES string of the molecule is O=C(N/N=C(\Cc1ccccc1)C1CCCCC1)c1ccccc1. The van der Waals surface area contributed by atoms with Crippen LogP contribution in [0.25, 0.3) is 0 Å². The summed E-state index contributed by atoms with van der Waals surface area (Å²) in [6, 6.07) is 19.6. The minimum atomic E-state index is -0.142. The van der Waals surface area contributed by atoms with Crippen molar-refractivity contribution < 1.29 is 4.79 Å². The first-order valence-electron chi connectivity index (χ1n) is 8.78. The summed E-state index contributed by atoms with van der Waals surface area (Å²) in [7, 11) is 0. The number of hydrogen-bond acceptors (Lipinski definition) is 2. The van der Waals surface area contributed by atoms with Gasteiger partial charge in [-0.05, 0) is 36.5 Å². The Balaban J connectivity index is 1.74. The van der Waals surface area contributed by atoms with Crippen molar-refractivity contribution in [2.45, 2.75) is 38.5 Å². The third-order valence-corrected chi connectivity index (χ3v) is 4.64. The quantitative estimate of drug-likeness (QED) is 0.635. The number of carbonyl (C=O) groups excluding carboxylic acids is 1. The van der Waals surface area contributed by atoms with Gasteiger partial charge in [-0.15, -0.1) is 0 Å². The summed E-state index contributed by atoms with van der Waals surface area (Å²) >= 11 is 0. The third kappa shape index (κ3) is 4.54. The van der Waals surface area contributed by atoms with Gasteiger partial charge in [0.05, 0.1) is 0 Å². The average molecular weight is 320 g/mol. The summed E-state index contributed by atoms with van der Waals surface area (Å²) in [6.45, 7) is 0. The van der Waals surface area contributed by atoms with E-state index in [0.717, 1.165) is 12.1 Å². The second kappa shape index (κ2) is 8.44. The molecule has 1 amide bonds. The maximum absolute atomic E-state index is 12.3. The predicted octanol–water partition coefficient (Wildman–Crippen LogP) is 4.60. The molecule has 2 aromatic rings. The van der Waals surface area contributed by atoms with Crippen molar-refractivity contribution in [3.8, 4) is 0 Å². The topological polar surface area (TPSA) is 41.5 Å². The van der Waals surface area contributed by atoms with Crippen molar-refractivity contribution in [2.24, 2.45) is 11.0 Å². The molecule has 0 spiro atoms. The zero-order valence-electron chi connectivity index (χ0n) is 13.9. The Labute approximate surface area is 143 Å². The Kier molecular flexibility index (Phi) is 5.78. The van der Waals surface area contributed by atoms with Gasteiger partial charge in [0.15, 0.2) is 0 Å². The lowest BCUT2D eigenvalue weighted by Gasteiger charge is -2.23. The van der Waals surface area contributed by atoms with Crippen molar-refractivity contribution in [1.29, 1.82) is 0 Å². The van der Waals surface area contributed by atoms with Gasteiger partial charge in [-0.2, -0.15) is 5.10 Å². The molecule has 0 atom stereocenters. The van der Waals surface area contributed by atoms with E-state index in [1.165, 1.54) is 37.7 Å². The summed E-state index contributed by atoms with van der Waals surface area (Å²) < 4.78 is 0. The molecule has 1 saturated carbocycles. The lowest BCUT2D eigenvalue weighted by atomic mass is 9.84. The molecule has 1 N–H and O–H groups in total. The number of benzene rings is 2. The van der Waals surface area contributed by atoms with Gasteiger partial charge in [0.25, 0.3) is 5.91 Å². The van der Waals surface area contributed by atoms with Crippen molar-refractivity contribution in [3.63, 3.8) is 0 Å². The molecular weight excluding hydrogens is 296 g/mol. The molecule has 1 fully saturated rings. The molecule has 1 aliphatic carbocycles. The first-order chi connectivity index (χ1) is 11.8. The zero-order chi connectivity index (χ0) is 16.6. The molecule has 0 saturated heterocycles. The van der Waals surface area contributed by atoms with E-state index in [1.54, 1.807) is 0 Å². The standard InChI is InChI=1S/C21H24N2O/c24-21(19-14-8-3-9-15-19)23-22-20(18-12-6-2-7-13-18)16-17-10-4-1-5-11-17/h1,3-5,8-11,14-15,18H,2,6-7,12-13,16H2,(H,23,24)/b22-20+. The van der Waals surface area contributed by atoms with Crippen LogP contribution < -0.4 is 5.43 Å². The Bertz CT molecular complexity index is 673. The lowest BCUT2D eigenvalue weighted by Crippen LogP contribution is -2.26. The number of hydrazone groups is 1. The largest absolute Gasteiger partial charge is 0.271 e. The van der Waals surface area contributed by atoms with Crippen LogP contribution in [0.5, 0.6) is 0 Å². The Morgan fingerprint density at radius 1 is 0.917 bits per heavy atom. The number of amides is 1. The van der Waals surface area contributed by atoms with E-state index in [-0.39, 0.29) is 5.91 Å². The minimum Gasteiger partial charge on any atom is -0.267 e. The fourth-order valence-corrected chi connectivity index (χ4v) is 3.29. The van der Waals surface area contributed by atoms with E-state index in [1.807, 2.05) is 36.4 Å². The highest BCUT2D eigenvalue weighted by molar-refractivity contribution is 5.96. The Morgan fingerprint density at radius 2 is 1.54 bits per heavy atom. The summed E-state index contributed by atoms with van der Waals surface area (Å²) in [5.41, 5.74) is 5.76. The second-order valence-corrected chi connectivity index (χ2v) is 6.41. The van der Waals surface area contributed by atoms with Crippen LogP contribution in [0.3, 0.4) is 0 Å². The highest BCUT2D eigenvalue weighted by Crippen LogP contribution is 2.26. The van der Waals surface area contributed by atoms with E-state index in [9.17, 15) is 4.79 Å². The van der Waals surface area contributed by atoms with Gasteiger partial charge in [-0.25, -0.2) is 5.43 Å². The minimum absolute atomic E-state index is 0.142. The summed E-state index contributed by atoms with van der Waals surface area (Å²) in [5.74, 6) is 0.340. The smallest absolute Gasteiger partial charge is 0.267 e. The van der Waals surface area contributed by atoms with Gasteiger partial charge in [-0.1, -0.05) is 67.8 Å². The molecule has 24 heavy (non-hydrogen) atoms. The first kappa shape index (κ1) is 16.4. The summed E-state index contributed by atoms with van der Waals surface area (Å²) in [4.78, 5) is 12.3. The molecule has 0 unspecified atom stereocenters. The highest BCUT2D eigenvalue weighted by Gasteiger charge is 2.20. The molecular formula is C21H24N2O. The van der Waals surface area contributed by atoms with Crippen LogP contribution in [0, 0.1) is 5.92 Å². The van der Waals surface area contributed by atoms with Crippen molar-refractivity contribution in [2.75, 3.05) is 0 Å². The molecule has 2 aromatic carbocycles. The maximum Gasteiger partial charge on any atom is 0.271 e. The summed E-state index contributed by atoms with van der Waals surface area (Å²) in [5, 5.41) is 4.54. The normalized spacial score (nSPS) is 15.9. The van der Waals surface area contributed by atoms with Crippen LogP contribution in [0.15, 0.2) is 65.8 Å². The van der Waals surface area contributed by atoms with Crippen molar-refractivity contribution >= 4 is 11.6 Å². The molecule has 0 heterocycles. The fourth-order valence-electron chi connectivity index (χ4n) is 3.29. The number of hydrogen-bond donors (Lipinski definition) is 1. The van der Waals surface area contributed by atoms with E-state index >= 15 is 0 Å². The molecule has 0 aliphatic heterocycles. The zero-order valence-corrected chi connectivity index (χ0v) is 13.9. The predicted molar refractivity (Wildman–Crippen MR) is 98.1 cm³/mol. The Morgan fingerprint density at radius 3 is 2.21 bits per heavy atom. The average Bonchev–Trinajstić information content (AvgIpc) is 2.67. The Hall–Kier alpha value is -2.42. The van der Waals surface area contributed by atoms with Gasteiger partial charge in [0, 0.05) is 17.7 Å². The van der Waals surface area contributed by atoms with Crippen LogP contribution in [0.2, 0.25) is 0 Å². The lowest BCUT2D eigenvalue weighted by molar-refractivity contribution is 0.0954. The van der Waals surface area contributed by atoms with Crippen LogP contribution in [-0.4, -0.2) is 11.6 Å². The molecule has 124 valence electrons. The second-order valence-electron chi connectivity index (χ2n) is 6.41. The van der Waals surface area contributed by atoms with E-state index < -0.39 is 0 Å². The van der Waals surface area contributed by atoms with Crippen molar-refractivity contribution in [1.82, 2.24) is 5.43 Å². The van der Waals surface area contributed by atoms with Crippen molar-refractivity contribution in [3.05, 3.63) is 71.8 Å². The van der Waals surface area contributed by atoms with E-state index in [0.29, 0.717) is 11.5 Å². The van der Waals surface area contributed by atoms with Gasteiger partial charge < -0.3 is 0 Å². The highest BCUT2D eigenvalue weighted by atomic mass is 16.2. The van der Waals surface area contributed by atoms with Crippen LogP contribution >= 0.6 is 0 Å². The first-order valence-corrected chi connectivity index (χ1v) is 8.78. The van der Waals surface area contributed by atoms with E-state index in [2.05, 4.69) is 34.8 Å². The molecule has 0 bridgehead atoms.